The van der Waals surface area contributed by atoms with Crippen molar-refractivity contribution in [3.8, 4) is 0 Å². The number of carbonyl (C=O) groups excluding carboxylic acids is 2. The fraction of sp³-hybridized carbons (Fsp3) is 0.800. The van der Waals surface area contributed by atoms with Crippen LogP contribution in [0, 0.1) is 5.92 Å². The van der Waals surface area contributed by atoms with Crippen molar-refractivity contribution in [1.82, 2.24) is 10.6 Å². The smallest absolute Gasteiger partial charge is 0.224 e. The molecule has 0 aromatic carbocycles. The van der Waals surface area contributed by atoms with Crippen molar-refractivity contribution >= 4 is 29.4 Å². The van der Waals surface area contributed by atoms with E-state index in [2.05, 4.69) is 15.6 Å². The predicted molar refractivity (Wildman–Crippen MR) is 95.2 cm³/mol. The van der Waals surface area contributed by atoms with Gasteiger partial charge in [0.15, 0.2) is 5.96 Å². The highest BCUT2D eigenvalue weighted by molar-refractivity contribution is 7.98. The zero-order valence-corrected chi connectivity index (χ0v) is 14.8. The highest BCUT2D eigenvalue weighted by Crippen LogP contribution is 2.18. The summed E-state index contributed by atoms with van der Waals surface area (Å²) < 4.78 is 0. The van der Waals surface area contributed by atoms with Gasteiger partial charge in [-0.25, -0.2) is 0 Å². The van der Waals surface area contributed by atoms with Crippen LogP contribution in [0.2, 0.25) is 0 Å². The Labute approximate surface area is 142 Å². The average Bonchev–Trinajstić information content (AvgIpc) is 2.53. The Bertz CT molecular complexity index is 426. The highest BCUT2D eigenvalue weighted by Gasteiger charge is 2.27. The molecule has 0 aromatic rings. The molecule has 0 spiro atoms. The van der Waals surface area contributed by atoms with E-state index in [0.717, 1.165) is 18.6 Å². The van der Waals surface area contributed by atoms with Gasteiger partial charge >= 0.3 is 0 Å². The van der Waals surface area contributed by atoms with Crippen LogP contribution < -0.4 is 22.1 Å². The Morgan fingerprint density at radius 3 is 2.74 bits per heavy atom. The van der Waals surface area contributed by atoms with Gasteiger partial charge in [0.25, 0.3) is 0 Å². The van der Waals surface area contributed by atoms with Crippen LogP contribution in [0.3, 0.4) is 0 Å². The summed E-state index contributed by atoms with van der Waals surface area (Å²) in [6.07, 6.45) is 5.03. The molecule has 8 heteroatoms. The number of thioether (sulfide) groups is 1. The summed E-state index contributed by atoms with van der Waals surface area (Å²) in [7, 11) is 0. The highest BCUT2D eigenvalue weighted by atomic mass is 32.2. The van der Waals surface area contributed by atoms with Gasteiger partial charge < -0.3 is 16.8 Å². The lowest BCUT2D eigenvalue weighted by Gasteiger charge is -2.22. The lowest BCUT2D eigenvalue weighted by molar-refractivity contribution is -0.126. The molecule has 1 fully saturated rings. The van der Waals surface area contributed by atoms with E-state index in [9.17, 15) is 9.59 Å². The van der Waals surface area contributed by atoms with Gasteiger partial charge in [0.2, 0.25) is 5.91 Å². The number of carbonyl (C=O) groups is 2. The van der Waals surface area contributed by atoms with Gasteiger partial charge in [0.1, 0.15) is 5.78 Å². The number of guanidine groups is 1. The molecule has 3 unspecified atom stereocenters. The van der Waals surface area contributed by atoms with Crippen LogP contribution in [0.5, 0.6) is 0 Å². The first-order chi connectivity index (χ1) is 10.9. The molecule has 0 aromatic heterocycles. The SMILES string of the molecule is CSCCC1CCC(=O)C(CCCN=C(N)N)NC(C)NC1=O. The second kappa shape index (κ2) is 10.5. The van der Waals surface area contributed by atoms with E-state index in [1.54, 1.807) is 11.8 Å². The Balaban J connectivity index is 2.61. The molecule has 3 atom stereocenters. The summed E-state index contributed by atoms with van der Waals surface area (Å²) >= 11 is 1.72. The van der Waals surface area contributed by atoms with Gasteiger partial charge in [-0.15, -0.1) is 0 Å². The van der Waals surface area contributed by atoms with Crippen molar-refractivity contribution in [3.63, 3.8) is 0 Å². The molecule has 6 N–H and O–H groups in total. The van der Waals surface area contributed by atoms with E-state index in [1.165, 1.54) is 0 Å². The summed E-state index contributed by atoms with van der Waals surface area (Å²) in [5.41, 5.74) is 10.6. The molecule has 7 nitrogen and oxygen atoms in total. The molecule has 0 radical (unpaired) electrons. The second-order valence-electron chi connectivity index (χ2n) is 5.88. The molecule has 0 bridgehead atoms. The van der Waals surface area contributed by atoms with Gasteiger partial charge in [-0.05, 0) is 44.6 Å². The minimum absolute atomic E-state index is 0.0352. The van der Waals surface area contributed by atoms with E-state index in [0.29, 0.717) is 25.8 Å². The van der Waals surface area contributed by atoms with Crippen LogP contribution >= 0.6 is 11.8 Å². The Morgan fingerprint density at radius 2 is 2.09 bits per heavy atom. The molecule has 1 rings (SSSR count). The average molecular weight is 343 g/mol. The summed E-state index contributed by atoms with van der Waals surface area (Å²) in [4.78, 5) is 28.6. The third kappa shape index (κ3) is 7.69. The lowest BCUT2D eigenvalue weighted by Crippen LogP contribution is -2.50. The molecule has 0 saturated carbocycles. The molecule has 23 heavy (non-hydrogen) atoms. The van der Waals surface area contributed by atoms with E-state index in [-0.39, 0.29) is 35.8 Å². The number of nitrogens with one attached hydrogen (secondary N) is 2. The molecule has 0 aliphatic carbocycles. The van der Waals surface area contributed by atoms with Crippen molar-refractivity contribution in [2.45, 2.75) is 51.2 Å². The van der Waals surface area contributed by atoms with Gasteiger partial charge in [-0.2, -0.15) is 11.8 Å². The fourth-order valence-corrected chi connectivity index (χ4v) is 3.19. The summed E-state index contributed by atoms with van der Waals surface area (Å²) in [6, 6.07) is -0.265. The van der Waals surface area contributed by atoms with E-state index in [1.807, 2.05) is 13.2 Å². The number of amides is 1. The van der Waals surface area contributed by atoms with Gasteiger partial charge in [0, 0.05) is 18.9 Å². The van der Waals surface area contributed by atoms with Crippen LogP contribution in [-0.4, -0.2) is 48.4 Å². The maximum atomic E-state index is 12.4. The van der Waals surface area contributed by atoms with Crippen LogP contribution in [0.25, 0.3) is 0 Å². The largest absolute Gasteiger partial charge is 0.370 e. The summed E-state index contributed by atoms with van der Waals surface area (Å²) in [5, 5.41) is 6.17. The predicted octanol–water partition coefficient (Wildman–Crippen LogP) is 0.193. The van der Waals surface area contributed by atoms with Crippen molar-refractivity contribution < 1.29 is 9.59 Å². The number of rotatable bonds is 7. The van der Waals surface area contributed by atoms with Gasteiger partial charge in [-0.3, -0.25) is 19.9 Å². The van der Waals surface area contributed by atoms with Gasteiger partial charge in [0.05, 0.1) is 12.2 Å². The number of Topliss-reactive ketones (excluding diaryl/α,β-unsaturated/α-hetero) is 1. The molecule has 1 aliphatic heterocycles. The van der Waals surface area contributed by atoms with Crippen molar-refractivity contribution in [1.29, 1.82) is 0 Å². The third-order valence-corrected chi connectivity index (χ3v) is 4.57. The van der Waals surface area contributed by atoms with E-state index in [4.69, 9.17) is 11.5 Å². The van der Waals surface area contributed by atoms with Crippen LogP contribution in [-0.2, 0) is 9.59 Å². The number of hydrogen-bond donors (Lipinski definition) is 4. The molecule has 1 aliphatic rings. The molecule has 1 saturated heterocycles. The van der Waals surface area contributed by atoms with Gasteiger partial charge in [-0.1, -0.05) is 0 Å². The number of aliphatic imine (C=N–C) groups is 1. The minimum atomic E-state index is -0.265. The second-order valence-corrected chi connectivity index (χ2v) is 6.87. The number of hydrogen-bond acceptors (Lipinski definition) is 5. The van der Waals surface area contributed by atoms with Crippen LogP contribution in [0.15, 0.2) is 4.99 Å². The zero-order chi connectivity index (χ0) is 17.2. The normalized spacial score (nSPS) is 25.9. The lowest BCUT2D eigenvalue weighted by atomic mass is 9.95. The summed E-state index contributed by atoms with van der Waals surface area (Å²) in [5.74, 6) is 1.10. The molecule has 1 amide bonds. The third-order valence-electron chi connectivity index (χ3n) is 3.92. The van der Waals surface area contributed by atoms with Crippen LogP contribution in [0.1, 0.15) is 39.0 Å². The quantitative estimate of drug-likeness (QED) is 0.297. The van der Waals surface area contributed by atoms with Crippen molar-refractivity contribution in [2.75, 3.05) is 18.6 Å². The maximum absolute atomic E-state index is 12.4. The standard InChI is InChI=1S/C15H29N5O2S/c1-10-19-12(4-3-8-18-15(16)17)13(21)6-5-11(7-9-23-2)14(22)20-10/h10-12,19H,3-9H2,1-2H3,(H,20,22)(H4,16,17,18). The molecule has 1 heterocycles. The molecular formula is C15H29N5O2S. The first-order valence-electron chi connectivity index (χ1n) is 8.07. The monoisotopic (exact) mass is 343 g/mol. The first-order valence-corrected chi connectivity index (χ1v) is 9.47. The van der Waals surface area contributed by atoms with Crippen molar-refractivity contribution in [2.24, 2.45) is 22.4 Å². The Hall–Kier alpha value is -1.28. The van der Waals surface area contributed by atoms with Crippen LogP contribution in [0.4, 0.5) is 0 Å². The first kappa shape index (κ1) is 19.8. The number of nitrogens with zero attached hydrogens (tertiary/aromatic N) is 1. The maximum Gasteiger partial charge on any atom is 0.224 e. The topological polar surface area (TPSA) is 123 Å². The van der Waals surface area contributed by atoms with E-state index < -0.39 is 0 Å². The number of ketones is 1. The number of nitrogens with two attached hydrogens (primary N) is 2. The molecule has 132 valence electrons. The zero-order valence-electron chi connectivity index (χ0n) is 14.0. The Morgan fingerprint density at radius 1 is 1.35 bits per heavy atom. The fourth-order valence-electron chi connectivity index (χ4n) is 2.67. The minimum Gasteiger partial charge on any atom is -0.370 e. The summed E-state index contributed by atoms with van der Waals surface area (Å²) in [6.45, 7) is 2.37. The van der Waals surface area contributed by atoms with E-state index >= 15 is 0 Å². The Kier molecular flexibility index (Phi) is 9.01. The van der Waals surface area contributed by atoms with Crippen molar-refractivity contribution in [3.05, 3.63) is 0 Å². The molecular weight excluding hydrogens is 314 g/mol.